The maximum absolute atomic E-state index is 12.4. The average molecular weight is 318 g/mol. The van der Waals surface area contributed by atoms with E-state index >= 15 is 0 Å². The van der Waals surface area contributed by atoms with E-state index in [0.717, 1.165) is 0 Å². The second kappa shape index (κ2) is 6.02. The van der Waals surface area contributed by atoms with Crippen molar-refractivity contribution in [1.29, 1.82) is 0 Å². The zero-order valence-electron chi connectivity index (χ0n) is 13.7. The lowest BCUT2D eigenvalue weighted by atomic mass is 9.59. The highest BCUT2D eigenvalue weighted by atomic mass is 16.4. The number of carbonyl (C=O) groups is 2. The van der Waals surface area contributed by atoms with Gasteiger partial charge in [0.05, 0.1) is 11.3 Å². The van der Waals surface area contributed by atoms with Crippen molar-refractivity contribution in [2.24, 2.45) is 11.8 Å². The Morgan fingerprint density at radius 1 is 1.30 bits per heavy atom. The van der Waals surface area contributed by atoms with E-state index < -0.39 is 29.3 Å². The van der Waals surface area contributed by atoms with Crippen LogP contribution in [0.1, 0.15) is 33.4 Å². The minimum atomic E-state index is -1.44. The molecule has 0 spiro atoms. The molecule has 23 heavy (non-hydrogen) atoms. The molecule has 3 atom stereocenters. The van der Waals surface area contributed by atoms with E-state index in [9.17, 15) is 19.8 Å². The fourth-order valence-corrected chi connectivity index (χ4v) is 3.82. The van der Waals surface area contributed by atoms with Gasteiger partial charge in [-0.2, -0.15) is 0 Å². The fourth-order valence-electron chi connectivity index (χ4n) is 3.82. The highest BCUT2D eigenvalue weighted by molar-refractivity contribution is 5.93. The zero-order chi connectivity index (χ0) is 17.4. The summed E-state index contributed by atoms with van der Waals surface area (Å²) in [6, 6.07) is 4.60. The molecule has 0 saturated heterocycles. The van der Waals surface area contributed by atoms with Gasteiger partial charge < -0.3 is 15.5 Å². The quantitative estimate of drug-likeness (QED) is 0.785. The van der Waals surface area contributed by atoms with Crippen LogP contribution in [0.15, 0.2) is 35.7 Å². The molecular weight excluding hydrogens is 296 g/mol. The van der Waals surface area contributed by atoms with Crippen LogP contribution in [0.25, 0.3) is 0 Å². The molecule has 0 amide bonds. The number of pyridine rings is 1. The van der Waals surface area contributed by atoms with E-state index in [4.69, 9.17) is 0 Å². The molecule has 1 aliphatic rings. The molecule has 0 radical (unpaired) electrons. The number of hydrogen-bond acceptors (Lipinski definition) is 4. The molecule has 3 N–H and O–H groups in total. The maximum atomic E-state index is 12.4. The number of aliphatic carboxylic acids is 2. The lowest BCUT2D eigenvalue weighted by Gasteiger charge is -2.47. The van der Waals surface area contributed by atoms with Crippen LogP contribution in [-0.2, 0) is 15.0 Å². The average Bonchev–Trinajstić information content (AvgIpc) is 2.46. The Labute approximate surface area is 135 Å². The molecule has 0 aliphatic carbocycles. The molecular formula is C17H22N2O4. The molecule has 0 bridgehead atoms. The predicted molar refractivity (Wildman–Crippen MR) is 84.8 cm³/mol. The zero-order valence-corrected chi connectivity index (χ0v) is 13.7. The highest BCUT2D eigenvalue weighted by Gasteiger charge is 2.58. The molecule has 0 fully saturated rings. The van der Waals surface area contributed by atoms with Gasteiger partial charge in [0.2, 0.25) is 0 Å². The summed E-state index contributed by atoms with van der Waals surface area (Å²) in [5.74, 6) is -3.04. The molecule has 1 aliphatic heterocycles. The Balaban J connectivity index is 2.83. The first kappa shape index (κ1) is 17.0. The number of nitrogens with zero attached hydrogens (tertiary/aromatic N) is 1. The smallest absolute Gasteiger partial charge is 0.333 e. The van der Waals surface area contributed by atoms with Gasteiger partial charge in [0.25, 0.3) is 0 Å². The number of rotatable bonds is 4. The van der Waals surface area contributed by atoms with Crippen molar-refractivity contribution in [3.8, 4) is 0 Å². The van der Waals surface area contributed by atoms with Crippen molar-refractivity contribution >= 4 is 11.9 Å². The Morgan fingerprint density at radius 2 is 1.96 bits per heavy atom. The van der Waals surface area contributed by atoms with Gasteiger partial charge in [-0.1, -0.05) is 19.9 Å². The van der Waals surface area contributed by atoms with E-state index in [-0.39, 0.29) is 11.5 Å². The molecule has 0 saturated carbocycles. The summed E-state index contributed by atoms with van der Waals surface area (Å²) in [6.07, 6.45) is 1.54. The third-order valence-electron chi connectivity index (χ3n) is 4.66. The Hall–Kier alpha value is -2.37. The second-order valence-corrected chi connectivity index (χ2v) is 6.32. The van der Waals surface area contributed by atoms with Crippen LogP contribution in [0.5, 0.6) is 0 Å². The first-order chi connectivity index (χ1) is 10.7. The number of aromatic nitrogens is 1. The first-order valence-corrected chi connectivity index (χ1v) is 7.60. The van der Waals surface area contributed by atoms with Gasteiger partial charge in [-0.15, -0.1) is 0 Å². The predicted octanol–water partition coefficient (Wildman–Crippen LogP) is 2.03. The van der Waals surface area contributed by atoms with Gasteiger partial charge in [0.15, 0.2) is 0 Å². The molecule has 124 valence electrons. The van der Waals surface area contributed by atoms with Crippen LogP contribution in [0.4, 0.5) is 0 Å². The lowest BCUT2D eigenvalue weighted by Crippen LogP contribution is -2.62. The SMILES string of the molecule is CC1=C(C(=O)O)C(C(C)C)C(C(=O)O)(c2ccccn2)C(C)N1. The van der Waals surface area contributed by atoms with Gasteiger partial charge in [0.1, 0.15) is 5.41 Å². The molecule has 0 aromatic carbocycles. The van der Waals surface area contributed by atoms with Crippen molar-refractivity contribution < 1.29 is 19.8 Å². The second-order valence-electron chi connectivity index (χ2n) is 6.32. The summed E-state index contributed by atoms with van der Waals surface area (Å²) in [6.45, 7) is 7.14. The van der Waals surface area contributed by atoms with Crippen molar-refractivity contribution in [2.45, 2.75) is 39.2 Å². The normalized spacial score (nSPS) is 27.7. The molecule has 2 rings (SSSR count). The molecule has 3 unspecified atom stereocenters. The summed E-state index contributed by atoms with van der Waals surface area (Å²) in [7, 11) is 0. The Bertz CT molecular complexity index is 654. The standard InChI is InChI=1S/C17H22N2O4/c1-9(2)14-13(15(20)21)10(3)19-11(4)17(14,16(22)23)12-7-5-6-8-18-12/h5-9,11,14,19H,1-4H3,(H,20,21)(H,22,23). The summed E-state index contributed by atoms with van der Waals surface area (Å²) < 4.78 is 0. The van der Waals surface area contributed by atoms with Gasteiger partial charge in [-0.05, 0) is 31.9 Å². The number of carboxylic acids is 2. The van der Waals surface area contributed by atoms with E-state index in [1.807, 2.05) is 13.8 Å². The van der Waals surface area contributed by atoms with E-state index in [1.165, 1.54) is 6.20 Å². The molecule has 1 aromatic rings. The lowest BCUT2D eigenvalue weighted by molar-refractivity contribution is -0.149. The van der Waals surface area contributed by atoms with Crippen LogP contribution in [0, 0.1) is 11.8 Å². The summed E-state index contributed by atoms with van der Waals surface area (Å²) in [5, 5.41) is 22.8. The van der Waals surface area contributed by atoms with Crippen LogP contribution >= 0.6 is 0 Å². The largest absolute Gasteiger partial charge is 0.480 e. The highest BCUT2D eigenvalue weighted by Crippen LogP contribution is 2.47. The van der Waals surface area contributed by atoms with Crippen molar-refractivity contribution in [1.82, 2.24) is 10.3 Å². The van der Waals surface area contributed by atoms with Gasteiger partial charge in [-0.25, -0.2) is 4.79 Å². The van der Waals surface area contributed by atoms with Crippen molar-refractivity contribution in [3.63, 3.8) is 0 Å². The number of nitrogens with one attached hydrogen (secondary N) is 1. The topological polar surface area (TPSA) is 99.5 Å². The minimum absolute atomic E-state index is 0.117. The van der Waals surface area contributed by atoms with Crippen LogP contribution in [0.3, 0.4) is 0 Å². The third kappa shape index (κ3) is 2.48. The van der Waals surface area contributed by atoms with E-state index in [2.05, 4.69) is 10.3 Å². The Kier molecular flexibility index (Phi) is 4.45. The number of hydrogen-bond donors (Lipinski definition) is 3. The third-order valence-corrected chi connectivity index (χ3v) is 4.66. The van der Waals surface area contributed by atoms with Gasteiger partial charge in [0, 0.05) is 23.9 Å². The molecule has 6 nitrogen and oxygen atoms in total. The maximum Gasteiger partial charge on any atom is 0.333 e. The molecule has 6 heteroatoms. The molecule has 1 aromatic heterocycles. The number of allylic oxidation sites excluding steroid dienone is 1. The van der Waals surface area contributed by atoms with Crippen LogP contribution < -0.4 is 5.32 Å². The van der Waals surface area contributed by atoms with Crippen molar-refractivity contribution in [2.75, 3.05) is 0 Å². The minimum Gasteiger partial charge on any atom is -0.480 e. The van der Waals surface area contributed by atoms with E-state index in [0.29, 0.717) is 11.4 Å². The van der Waals surface area contributed by atoms with Crippen molar-refractivity contribution in [3.05, 3.63) is 41.4 Å². The summed E-state index contributed by atoms with van der Waals surface area (Å²) in [5.41, 5.74) is -0.442. The van der Waals surface area contributed by atoms with Crippen LogP contribution in [-0.4, -0.2) is 33.2 Å². The Morgan fingerprint density at radius 3 is 2.39 bits per heavy atom. The van der Waals surface area contributed by atoms with E-state index in [1.54, 1.807) is 32.0 Å². The number of carboxylic acid groups (broad SMARTS) is 2. The monoisotopic (exact) mass is 318 g/mol. The van der Waals surface area contributed by atoms with Gasteiger partial charge >= 0.3 is 11.9 Å². The fraction of sp³-hybridized carbons (Fsp3) is 0.471. The molecule has 2 heterocycles. The summed E-state index contributed by atoms with van der Waals surface area (Å²) in [4.78, 5) is 28.5. The summed E-state index contributed by atoms with van der Waals surface area (Å²) >= 11 is 0. The first-order valence-electron chi connectivity index (χ1n) is 7.60. The van der Waals surface area contributed by atoms with Crippen LogP contribution in [0.2, 0.25) is 0 Å². The van der Waals surface area contributed by atoms with Gasteiger partial charge in [-0.3, -0.25) is 9.78 Å².